The summed E-state index contributed by atoms with van der Waals surface area (Å²) in [4.78, 5) is 18.1. The van der Waals surface area contributed by atoms with Gasteiger partial charge in [0.15, 0.2) is 16.3 Å². The number of allylic oxidation sites excluding steroid dienone is 1. The molecule has 0 spiro atoms. The molecule has 38 heavy (non-hydrogen) atoms. The monoisotopic (exact) mass is 549 g/mol. The molecule has 0 unspecified atom stereocenters. The van der Waals surface area contributed by atoms with Crippen LogP contribution in [0.1, 0.15) is 22.8 Å². The molecule has 1 aliphatic heterocycles. The number of fused-ring (bicyclic) bond motifs is 2. The fourth-order valence-corrected chi connectivity index (χ4v) is 6.71. The van der Waals surface area contributed by atoms with Crippen molar-refractivity contribution in [3.05, 3.63) is 95.3 Å². The quantitative estimate of drug-likeness (QED) is 0.300. The van der Waals surface area contributed by atoms with E-state index in [2.05, 4.69) is 11.6 Å². The molecule has 10 heteroatoms. The molecule has 3 aromatic carbocycles. The van der Waals surface area contributed by atoms with Crippen molar-refractivity contribution >= 4 is 37.5 Å². The molecule has 0 saturated carbocycles. The lowest BCUT2D eigenvalue weighted by atomic mass is 10.2. The predicted molar refractivity (Wildman–Crippen MR) is 147 cm³/mol. The molecule has 0 fully saturated rings. The highest BCUT2D eigenvalue weighted by molar-refractivity contribution is 7.89. The summed E-state index contributed by atoms with van der Waals surface area (Å²) in [6.07, 6.45) is 1.74. The average Bonchev–Trinajstić information content (AvgIpc) is 3.26. The lowest BCUT2D eigenvalue weighted by Gasteiger charge is -2.20. The SMILES string of the molecule is C=CCn1c(=NC(=O)c2ccc(S(=O)(=O)N(CC)Cc3ccccc3)cc2)sc2cc3c(cc21)OCCO3. The number of carbonyl (C=O) groups excluding carboxylic acids is 1. The number of hydrogen-bond acceptors (Lipinski definition) is 6. The number of thiazole rings is 1. The Morgan fingerprint density at radius 2 is 1.76 bits per heavy atom. The zero-order valence-corrected chi connectivity index (χ0v) is 22.5. The van der Waals surface area contributed by atoms with Crippen LogP contribution < -0.4 is 14.3 Å². The molecule has 0 atom stereocenters. The minimum Gasteiger partial charge on any atom is -0.486 e. The molecule has 0 N–H and O–H groups in total. The Hall–Kier alpha value is -3.73. The van der Waals surface area contributed by atoms with Gasteiger partial charge in [-0.15, -0.1) is 6.58 Å². The average molecular weight is 550 g/mol. The number of hydrogen-bond donors (Lipinski definition) is 0. The first kappa shape index (κ1) is 25.9. The molecule has 196 valence electrons. The van der Waals surface area contributed by atoms with E-state index in [0.717, 1.165) is 15.8 Å². The topological polar surface area (TPSA) is 90.2 Å². The van der Waals surface area contributed by atoms with E-state index in [1.54, 1.807) is 13.0 Å². The molecule has 8 nitrogen and oxygen atoms in total. The molecule has 0 aliphatic carbocycles. The first-order chi connectivity index (χ1) is 18.4. The van der Waals surface area contributed by atoms with Gasteiger partial charge in [0, 0.05) is 37.3 Å². The van der Waals surface area contributed by atoms with Crippen molar-refractivity contribution in [2.75, 3.05) is 19.8 Å². The second-order valence-corrected chi connectivity index (χ2v) is 11.6. The molecule has 0 radical (unpaired) electrons. The number of sulfonamides is 1. The number of ether oxygens (including phenoxy) is 2. The van der Waals surface area contributed by atoms with E-state index >= 15 is 0 Å². The summed E-state index contributed by atoms with van der Waals surface area (Å²) in [5.74, 6) is 0.855. The van der Waals surface area contributed by atoms with E-state index in [1.807, 2.05) is 47.0 Å². The highest BCUT2D eigenvalue weighted by Crippen LogP contribution is 2.35. The summed E-state index contributed by atoms with van der Waals surface area (Å²) in [7, 11) is -3.74. The molecule has 0 saturated heterocycles. The van der Waals surface area contributed by atoms with Gasteiger partial charge >= 0.3 is 0 Å². The fourth-order valence-electron chi connectivity index (χ4n) is 4.22. The van der Waals surface area contributed by atoms with Crippen LogP contribution in [0.4, 0.5) is 0 Å². The van der Waals surface area contributed by atoms with Crippen LogP contribution in [0.5, 0.6) is 11.5 Å². The molecule has 4 aromatic rings. The second-order valence-electron chi connectivity index (χ2n) is 8.61. The standard InChI is InChI=1S/C28H27N3O5S2/c1-3-14-31-23-17-24-25(36-16-15-35-24)18-26(23)37-28(31)29-27(32)21-10-12-22(13-11-21)38(33,34)30(4-2)19-20-8-6-5-7-9-20/h3,5-13,17-18H,1,4,14-16,19H2,2H3. The lowest BCUT2D eigenvalue weighted by Crippen LogP contribution is -2.30. The number of aromatic nitrogens is 1. The van der Waals surface area contributed by atoms with E-state index in [-0.39, 0.29) is 11.4 Å². The van der Waals surface area contributed by atoms with Crippen LogP contribution in [0.3, 0.4) is 0 Å². The van der Waals surface area contributed by atoms with Gasteiger partial charge in [-0.2, -0.15) is 9.30 Å². The number of nitrogens with zero attached hydrogens (tertiary/aromatic N) is 3. The smallest absolute Gasteiger partial charge is 0.279 e. The van der Waals surface area contributed by atoms with Gasteiger partial charge in [-0.1, -0.05) is 54.7 Å². The molecule has 0 bridgehead atoms. The van der Waals surface area contributed by atoms with Crippen LogP contribution in [0.15, 0.2) is 89.3 Å². The first-order valence-corrected chi connectivity index (χ1v) is 14.4. The zero-order valence-electron chi connectivity index (χ0n) is 20.9. The Bertz CT molecular complexity index is 1660. The normalized spacial score (nSPS) is 13.7. The van der Waals surface area contributed by atoms with Gasteiger partial charge < -0.3 is 14.0 Å². The maximum Gasteiger partial charge on any atom is 0.279 e. The Morgan fingerprint density at radius 1 is 1.08 bits per heavy atom. The van der Waals surface area contributed by atoms with Crippen LogP contribution >= 0.6 is 11.3 Å². The van der Waals surface area contributed by atoms with Gasteiger partial charge in [-0.3, -0.25) is 4.79 Å². The third kappa shape index (κ3) is 5.15. The Labute approximate surface area is 225 Å². The van der Waals surface area contributed by atoms with Gasteiger partial charge in [-0.05, 0) is 29.8 Å². The minimum atomic E-state index is -3.74. The van der Waals surface area contributed by atoms with Crippen LogP contribution in [0.2, 0.25) is 0 Å². The molecular weight excluding hydrogens is 522 g/mol. The zero-order chi connectivity index (χ0) is 26.7. The number of carbonyl (C=O) groups is 1. The highest BCUT2D eigenvalue weighted by Gasteiger charge is 2.24. The van der Waals surface area contributed by atoms with E-state index in [1.165, 1.54) is 39.9 Å². The third-order valence-electron chi connectivity index (χ3n) is 6.15. The number of rotatable bonds is 8. The summed E-state index contributed by atoms with van der Waals surface area (Å²) in [5, 5.41) is 0. The maximum atomic E-state index is 13.3. The summed E-state index contributed by atoms with van der Waals surface area (Å²) in [6.45, 7) is 7.64. The largest absolute Gasteiger partial charge is 0.486 e. The maximum absolute atomic E-state index is 13.3. The molecule has 1 aromatic heterocycles. The van der Waals surface area contributed by atoms with Crippen LogP contribution in [0.25, 0.3) is 10.2 Å². The molecule has 5 rings (SSSR count). The van der Waals surface area contributed by atoms with Crippen molar-refractivity contribution < 1.29 is 22.7 Å². The lowest BCUT2D eigenvalue weighted by molar-refractivity contribution is 0.0997. The molecular formula is C28H27N3O5S2. The van der Waals surface area contributed by atoms with Crippen LogP contribution in [-0.2, 0) is 23.1 Å². The van der Waals surface area contributed by atoms with Gasteiger partial charge in [0.2, 0.25) is 10.0 Å². The molecule has 1 aliphatic rings. The van der Waals surface area contributed by atoms with Crippen molar-refractivity contribution in [2.45, 2.75) is 24.9 Å². The third-order valence-corrected chi connectivity index (χ3v) is 9.13. The Balaban J connectivity index is 1.44. The fraction of sp³-hybridized carbons (Fsp3) is 0.214. The Morgan fingerprint density at radius 3 is 2.42 bits per heavy atom. The van der Waals surface area contributed by atoms with Crippen molar-refractivity contribution in [1.82, 2.24) is 8.87 Å². The number of amides is 1. The van der Waals surface area contributed by atoms with Crippen molar-refractivity contribution in [3.63, 3.8) is 0 Å². The summed E-state index contributed by atoms with van der Waals surface area (Å²) >= 11 is 1.36. The van der Waals surface area contributed by atoms with Gasteiger partial charge in [0.05, 0.1) is 15.1 Å². The summed E-state index contributed by atoms with van der Waals surface area (Å²) in [5.41, 5.74) is 2.06. The minimum absolute atomic E-state index is 0.126. The van der Waals surface area contributed by atoms with Crippen molar-refractivity contribution in [2.24, 2.45) is 4.99 Å². The molecule has 1 amide bonds. The van der Waals surface area contributed by atoms with E-state index < -0.39 is 15.9 Å². The van der Waals surface area contributed by atoms with Crippen molar-refractivity contribution in [3.8, 4) is 11.5 Å². The first-order valence-electron chi connectivity index (χ1n) is 12.2. The van der Waals surface area contributed by atoms with E-state index in [9.17, 15) is 13.2 Å². The number of benzene rings is 3. The predicted octanol–water partition coefficient (Wildman–Crippen LogP) is 4.61. The summed E-state index contributed by atoms with van der Waals surface area (Å²) < 4.78 is 42.1. The second kappa shape index (κ2) is 10.9. The van der Waals surface area contributed by atoms with Gasteiger partial charge in [-0.25, -0.2) is 8.42 Å². The van der Waals surface area contributed by atoms with Gasteiger partial charge in [0.1, 0.15) is 13.2 Å². The van der Waals surface area contributed by atoms with Crippen molar-refractivity contribution in [1.29, 1.82) is 0 Å². The molecule has 2 heterocycles. The van der Waals surface area contributed by atoms with Crippen LogP contribution in [-0.4, -0.2) is 43.0 Å². The van der Waals surface area contributed by atoms with E-state index in [0.29, 0.717) is 48.2 Å². The highest BCUT2D eigenvalue weighted by atomic mass is 32.2. The summed E-state index contributed by atoms with van der Waals surface area (Å²) in [6, 6.07) is 19.1. The van der Waals surface area contributed by atoms with Gasteiger partial charge in [0.25, 0.3) is 5.91 Å². The van der Waals surface area contributed by atoms with Crippen LogP contribution in [0, 0.1) is 0 Å². The Kier molecular flexibility index (Phi) is 7.46. The van der Waals surface area contributed by atoms with E-state index in [4.69, 9.17) is 9.47 Å².